The van der Waals surface area contributed by atoms with Crippen molar-refractivity contribution in [1.82, 2.24) is 19.9 Å². The van der Waals surface area contributed by atoms with Gasteiger partial charge in [0.15, 0.2) is 23.1 Å². The Balaban J connectivity index is 1.08. The van der Waals surface area contributed by atoms with E-state index < -0.39 is 0 Å². The molecule has 0 saturated heterocycles. The predicted octanol–water partition coefficient (Wildman–Crippen LogP) is 12.6. The lowest BCUT2D eigenvalue weighted by atomic mass is 9.99. The van der Waals surface area contributed by atoms with E-state index in [9.17, 15) is 0 Å². The summed E-state index contributed by atoms with van der Waals surface area (Å²) in [5.41, 5.74) is 9.21. The van der Waals surface area contributed by atoms with Crippen LogP contribution in [0.15, 0.2) is 167 Å². The molecule has 0 aliphatic rings. The molecule has 6 nitrogen and oxygen atoms in total. The molecule has 0 aliphatic heterocycles. The minimum absolute atomic E-state index is 0.606. The lowest BCUT2D eigenvalue weighted by Gasteiger charge is -2.10. The predicted molar refractivity (Wildman–Crippen MR) is 215 cm³/mol. The van der Waals surface area contributed by atoms with E-state index in [1.54, 1.807) is 11.3 Å². The van der Waals surface area contributed by atoms with Crippen LogP contribution in [0.25, 0.3) is 110 Å². The van der Waals surface area contributed by atoms with Gasteiger partial charge in [-0.05, 0) is 77.9 Å². The highest BCUT2D eigenvalue weighted by atomic mass is 32.1. The van der Waals surface area contributed by atoms with Crippen LogP contribution in [0.3, 0.4) is 0 Å². The average Bonchev–Trinajstić information content (AvgIpc) is 3.94. The zero-order valence-corrected chi connectivity index (χ0v) is 28.8. The average molecular weight is 699 g/mol. The number of nitrogens with zero attached hydrogens (tertiary/aromatic N) is 4. The Morgan fingerprint density at radius 2 is 1.06 bits per heavy atom. The van der Waals surface area contributed by atoms with Crippen molar-refractivity contribution in [3.05, 3.63) is 158 Å². The van der Waals surface area contributed by atoms with Crippen LogP contribution in [0, 0.1) is 0 Å². The van der Waals surface area contributed by atoms with Crippen LogP contribution in [0.4, 0.5) is 0 Å². The van der Waals surface area contributed by atoms with Crippen molar-refractivity contribution in [2.45, 2.75) is 0 Å². The Morgan fingerprint density at radius 1 is 0.377 bits per heavy atom. The number of hydrogen-bond donors (Lipinski definition) is 0. The van der Waals surface area contributed by atoms with E-state index in [0.29, 0.717) is 23.4 Å². The molecule has 0 bridgehead atoms. The van der Waals surface area contributed by atoms with Crippen LogP contribution in [0.5, 0.6) is 0 Å². The van der Waals surface area contributed by atoms with Gasteiger partial charge in [0.05, 0.1) is 0 Å². The standard InChI is InChI=1S/C46H26N4O2S/c1-2-10-27(11-3-1)43-48-44(30-20-22-38-34(26-30)32-14-4-6-17-37(32)51-38)50-45(49-43)33-15-9-19-41-42(33)35-25-29(21-23-40(35)53-41)28-12-8-13-31(24-28)46-47-36-16-5-7-18-39(36)52-46/h1-26H. The molecular formula is C46H26N4O2S. The highest BCUT2D eigenvalue weighted by Crippen LogP contribution is 2.42. The molecule has 7 heteroatoms. The summed E-state index contributed by atoms with van der Waals surface area (Å²) >= 11 is 1.77. The molecule has 0 N–H and O–H groups in total. The van der Waals surface area contributed by atoms with E-state index in [-0.39, 0.29) is 0 Å². The number of oxazole rings is 1. The number of hydrogen-bond acceptors (Lipinski definition) is 7. The van der Waals surface area contributed by atoms with Crippen LogP contribution in [-0.4, -0.2) is 19.9 Å². The summed E-state index contributed by atoms with van der Waals surface area (Å²) in [6.45, 7) is 0. The van der Waals surface area contributed by atoms with Crippen molar-refractivity contribution in [3.63, 3.8) is 0 Å². The molecule has 11 aromatic rings. The van der Waals surface area contributed by atoms with Gasteiger partial charge in [-0.2, -0.15) is 0 Å². The van der Waals surface area contributed by atoms with Gasteiger partial charge < -0.3 is 8.83 Å². The minimum Gasteiger partial charge on any atom is -0.456 e. The van der Waals surface area contributed by atoms with E-state index in [0.717, 1.165) is 77.2 Å². The number of rotatable bonds is 5. The minimum atomic E-state index is 0.606. The van der Waals surface area contributed by atoms with Gasteiger partial charge >= 0.3 is 0 Å². The maximum atomic E-state index is 6.13. The molecule has 0 atom stereocenters. The first-order valence-electron chi connectivity index (χ1n) is 17.4. The summed E-state index contributed by atoms with van der Waals surface area (Å²) in [7, 11) is 0. The molecule has 11 rings (SSSR count). The third-order valence-corrected chi connectivity index (χ3v) is 10.9. The smallest absolute Gasteiger partial charge is 0.227 e. The molecule has 0 radical (unpaired) electrons. The lowest BCUT2D eigenvalue weighted by Crippen LogP contribution is -2.00. The Kier molecular flexibility index (Phi) is 6.62. The Hall–Kier alpha value is -6.96. The van der Waals surface area contributed by atoms with Crippen LogP contribution >= 0.6 is 11.3 Å². The largest absolute Gasteiger partial charge is 0.456 e. The second-order valence-electron chi connectivity index (χ2n) is 13.0. The normalized spacial score (nSPS) is 11.8. The monoisotopic (exact) mass is 698 g/mol. The van der Waals surface area contributed by atoms with Crippen molar-refractivity contribution in [2.75, 3.05) is 0 Å². The van der Waals surface area contributed by atoms with Gasteiger partial charge in [0.1, 0.15) is 16.7 Å². The van der Waals surface area contributed by atoms with E-state index in [1.165, 1.54) is 9.40 Å². The van der Waals surface area contributed by atoms with E-state index in [4.69, 9.17) is 28.8 Å². The van der Waals surface area contributed by atoms with Gasteiger partial charge in [0, 0.05) is 53.2 Å². The Bertz CT molecular complexity index is 3160. The lowest BCUT2D eigenvalue weighted by molar-refractivity contribution is 0.620. The summed E-state index contributed by atoms with van der Waals surface area (Å²) in [6, 6.07) is 53.7. The van der Waals surface area contributed by atoms with Crippen molar-refractivity contribution in [1.29, 1.82) is 0 Å². The van der Waals surface area contributed by atoms with E-state index in [2.05, 4.69) is 66.7 Å². The maximum Gasteiger partial charge on any atom is 0.227 e. The van der Waals surface area contributed by atoms with Crippen molar-refractivity contribution in [2.24, 2.45) is 0 Å². The maximum absolute atomic E-state index is 6.13. The first kappa shape index (κ1) is 29.7. The fourth-order valence-corrected chi connectivity index (χ4v) is 8.34. The van der Waals surface area contributed by atoms with Gasteiger partial charge in [-0.3, -0.25) is 0 Å². The van der Waals surface area contributed by atoms with Gasteiger partial charge in [-0.25, -0.2) is 19.9 Å². The first-order chi connectivity index (χ1) is 26.2. The number of furan rings is 1. The number of para-hydroxylation sites is 3. The molecule has 4 heterocycles. The third kappa shape index (κ3) is 5.01. The van der Waals surface area contributed by atoms with Crippen LogP contribution in [-0.2, 0) is 0 Å². The topological polar surface area (TPSA) is 77.8 Å². The van der Waals surface area contributed by atoms with Crippen LogP contribution in [0.1, 0.15) is 0 Å². The summed E-state index contributed by atoms with van der Waals surface area (Å²) in [5, 5.41) is 4.36. The molecule has 0 spiro atoms. The molecular weight excluding hydrogens is 673 g/mol. The number of fused-ring (bicyclic) bond motifs is 7. The Morgan fingerprint density at radius 3 is 1.96 bits per heavy atom. The van der Waals surface area contributed by atoms with Gasteiger partial charge in [0.25, 0.3) is 0 Å². The van der Waals surface area contributed by atoms with Gasteiger partial charge in [-0.1, -0.05) is 91.0 Å². The molecule has 53 heavy (non-hydrogen) atoms. The summed E-state index contributed by atoms with van der Waals surface area (Å²) in [4.78, 5) is 20.1. The second kappa shape index (κ2) is 11.8. The van der Waals surface area contributed by atoms with Crippen LogP contribution < -0.4 is 0 Å². The Labute approximate surface area is 306 Å². The fraction of sp³-hybridized carbons (Fsp3) is 0. The summed E-state index contributed by atoms with van der Waals surface area (Å²) in [6.07, 6.45) is 0. The van der Waals surface area contributed by atoms with Gasteiger partial charge in [-0.15, -0.1) is 11.3 Å². The molecule has 4 aromatic heterocycles. The SMILES string of the molecule is c1ccc(-c2nc(-c3ccc4oc5ccccc5c4c3)nc(-c3cccc4sc5ccc(-c6cccc(-c7nc8ccccc8o7)c6)cc5c34)n2)cc1. The summed E-state index contributed by atoms with van der Waals surface area (Å²) in [5.74, 6) is 2.46. The quantitative estimate of drug-likeness (QED) is 0.178. The van der Waals surface area contributed by atoms with E-state index in [1.807, 2.05) is 91.0 Å². The number of benzene rings is 7. The van der Waals surface area contributed by atoms with Crippen molar-refractivity contribution in [3.8, 4) is 56.7 Å². The zero-order valence-electron chi connectivity index (χ0n) is 28.0. The molecule has 7 aromatic carbocycles. The molecule has 0 saturated carbocycles. The summed E-state index contributed by atoms with van der Waals surface area (Å²) < 4.78 is 14.6. The van der Waals surface area contributed by atoms with Gasteiger partial charge in [0.2, 0.25) is 5.89 Å². The second-order valence-corrected chi connectivity index (χ2v) is 14.1. The molecule has 0 aliphatic carbocycles. The number of aromatic nitrogens is 4. The molecule has 0 fully saturated rings. The highest BCUT2D eigenvalue weighted by molar-refractivity contribution is 7.26. The zero-order chi connectivity index (χ0) is 34.9. The first-order valence-corrected chi connectivity index (χ1v) is 18.2. The molecule has 0 unspecified atom stereocenters. The highest BCUT2D eigenvalue weighted by Gasteiger charge is 2.19. The molecule has 0 amide bonds. The fourth-order valence-electron chi connectivity index (χ4n) is 7.23. The third-order valence-electron chi connectivity index (χ3n) is 9.77. The molecule has 248 valence electrons. The van der Waals surface area contributed by atoms with Crippen molar-refractivity contribution < 1.29 is 8.83 Å². The van der Waals surface area contributed by atoms with Crippen LogP contribution in [0.2, 0.25) is 0 Å². The van der Waals surface area contributed by atoms with E-state index >= 15 is 0 Å². The number of thiophene rings is 1. The van der Waals surface area contributed by atoms with Crippen molar-refractivity contribution >= 4 is 64.5 Å².